The third kappa shape index (κ3) is 3.93. The number of nitrogens with zero attached hydrogens (tertiary/aromatic N) is 3. The van der Waals surface area contributed by atoms with Crippen LogP contribution in [0.15, 0.2) is 30.3 Å². The summed E-state index contributed by atoms with van der Waals surface area (Å²) in [5.41, 5.74) is 0.695. The highest BCUT2D eigenvalue weighted by molar-refractivity contribution is 6.30. The molecule has 6 nitrogen and oxygen atoms in total. The van der Waals surface area contributed by atoms with Crippen LogP contribution in [0.3, 0.4) is 0 Å². The molecule has 28 heavy (non-hydrogen) atoms. The van der Waals surface area contributed by atoms with Crippen LogP contribution in [0.5, 0.6) is 0 Å². The Balaban J connectivity index is 1.84. The highest BCUT2D eigenvalue weighted by Gasteiger charge is 2.34. The lowest BCUT2D eigenvalue weighted by atomic mass is 9.95. The molecule has 146 valence electrons. The highest BCUT2D eigenvalue weighted by atomic mass is 35.5. The van der Waals surface area contributed by atoms with E-state index >= 15 is 0 Å². The van der Waals surface area contributed by atoms with Crippen molar-refractivity contribution in [3.8, 4) is 6.07 Å². The molecule has 1 aromatic heterocycles. The molecule has 1 N–H and O–H groups in total. The van der Waals surface area contributed by atoms with Gasteiger partial charge in [0.2, 0.25) is 0 Å². The van der Waals surface area contributed by atoms with Gasteiger partial charge in [-0.05, 0) is 37.0 Å². The molecule has 2 unspecified atom stereocenters. The number of hydrogen-bond acceptors (Lipinski definition) is 6. The van der Waals surface area contributed by atoms with Crippen molar-refractivity contribution in [2.45, 2.75) is 38.8 Å². The van der Waals surface area contributed by atoms with Crippen LogP contribution in [-0.2, 0) is 0 Å². The number of rotatable bonds is 6. The van der Waals surface area contributed by atoms with Gasteiger partial charge in [0.25, 0.3) is 0 Å². The van der Waals surface area contributed by atoms with E-state index in [1.54, 1.807) is 30.3 Å². The molecule has 0 saturated carbocycles. The number of para-hydroxylation sites is 1. The van der Waals surface area contributed by atoms with Crippen molar-refractivity contribution in [2.24, 2.45) is 5.92 Å². The fourth-order valence-corrected chi connectivity index (χ4v) is 3.60. The van der Waals surface area contributed by atoms with E-state index in [1.807, 2.05) is 13.8 Å². The average molecular weight is 402 g/mol. The first-order chi connectivity index (χ1) is 13.3. The molecule has 2 heterocycles. The lowest BCUT2D eigenvalue weighted by Gasteiger charge is -2.35. The van der Waals surface area contributed by atoms with E-state index in [1.165, 1.54) is 0 Å². The summed E-state index contributed by atoms with van der Waals surface area (Å²) in [7, 11) is 0. The molecule has 1 aliphatic heterocycles. The number of benzene rings is 1. The fraction of sp³-hybridized carbons (Fsp3) is 0.350. The van der Waals surface area contributed by atoms with E-state index in [2.05, 4.69) is 10.3 Å². The van der Waals surface area contributed by atoms with Crippen LogP contribution in [0, 0.1) is 28.3 Å². The van der Waals surface area contributed by atoms with E-state index in [4.69, 9.17) is 16.9 Å². The molecule has 8 heteroatoms. The molecular formula is C20H19ClFN4O2-. The van der Waals surface area contributed by atoms with Gasteiger partial charge >= 0.3 is 0 Å². The quantitative estimate of drug-likeness (QED) is 0.715. The number of halogens is 2. The standard InChI is InChI=1S/C20H19ClFN4O2/c1-11(2)7-13(24-20-15(22)8-12(10-23)19(21)25-20)9-17-18(27)14-5-3-4-6-16(14)26(17)28/h3-6,8,11,13,17H,7,9H2,1-2H3,(H,24,25)/q-1. The molecule has 1 aromatic carbocycles. The Morgan fingerprint density at radius 2 is 2.14 bits per heavy atom. The largest absolute Gasteiger partial charge is 0.758 e. The van der Waals surface area contributed by atoms with Crippen molar-refractivity contribution in [1.29, 1.82) is 5.26 Å². The summed E-state index contributed by atoms with van der Waals surface area (Å²) in [4.78, 5) is 16.6. The smallest absolute Gasteiger partial charge is 0.186 e. The van der Waals surface area contributed by atoms with Gasteiger partial charge in [-0.15, -0.1) is 0 Å². The number of anilines is 2. The SMILES string of the molecule is CC(C)CC(CC1C(=O)c2ccccc2N1[O-])Nc1nc(Cl)c(C#N)cc1F. The van der Waals surface area contributed by atoms with Crippen LogP contribution in [-0.4, -0.2) is 22.9 Å². The maximum absolute atomic E-state index is 14.3. The number of pyridine rings is 1. The number of nitrogens with one attached hydrogen (secondary N) is 1. The van der Waals surface area contributed by atoms with Crippen molar-refractivity contribution in [3.05, 3.63) is 57.6 Å². The van der Waals surface area contributed by atoms with Gasteiger partial charge in [-0.2, -0.15) is 5.26 Å². The van der Waals surface area contributed by atoms with Gasteiger partial charge in [0.1, 0.15) is 11.2 Å². The van der Waals surface area contributed by atoms with E-state index < -0.39 is 11.9 Å². The summed E-state index contributed by atoms with van der Waals surface area (Å²) in [6.45, 7) is 3.98. The minimum atomic E-state index is -0.884. The number of carbonyl (C=O) groups excluding carboxylic acids is 1. The summed E-state index contributed by atoms with van der Waals surface area (Å²) in [6, 6.07) is 8.20. The van der Waals surface area contributed by atoms with Crippen molar-refractivity contribution < 1.29 is 9.18 Å². The van der Waals surface area contributed by atoms with Gasteiger partial charge in [-0.3, -0.25) is 4.79 Å². The Morgan fingerprint density at radius 3 is 2.79 bits per heavy atom. The van der Waals surface area contributed by atoms with Crippen molar-refractivity contribution >= 4 is 28.9 Å². The van der Waals surface area contributed by atoms with E-state index in [9.17, 15) is 14.4 Å². The number of hydroxylamine groups is 1. The molecule has 2 aromatic rings. The third-order valence-corrected chi connectivity index (χ3v) is 4.94. The predicted molar refractivity (Wildman–Crippen MR) is 106 cm³/mol. The molecule has 0 aliphatic carbocycles. The normalized spacial score (nSPS) is 16.8. The van der Waals surface area contributed by atoms with Gasteiger partial charge in [0.15, 0.2) is 17.4 Å². The number of hydrogen-bond donors (Lipinski definition) is 1. The van der Waals surface area contributed by atoms with Gasteiger partial charge in [0.05, 0.1) is 11.6 Å². The summed E-state index contributed by atoms with van der Waals surface area (Å²) in [6.07, 6.45) is 0.778. The topological polar surface area (TPSA) is 92.1 Å². The third-order valence-electron chi connectivity index (χ3n) is 4.65. The van der Waals surface area contributed by atoms with Gasteiger partial charge < -0.3 is 15.6 Å². The van der Waals surface area contributed by atoms with Crippen LogP contribution in [0.25, 0.3) is 0 Å². The lowest BCUT2D eigenvalue weighted by Crippen LogP contribution is -2.37. The Labute approximate surface area is 167 Å². The molecule has 0 spiro atoms. The molecule has 1 aliphatic rings. The highest BCUT2D eigenvalue weighted by Crippen LogP contribution is 2.34. The first-order valence-corrected chi connectivity index (χ1v) is 9.31. The zero-order chi connectivity index (χ0) is 20.4. The zero-order valence-corrected chi connectivity index (χ0v) is 16.2. The van der Waals surface area contributed by atoms with Crippen LogP contribution < -0.4 is 10.4 Å². The number of carbonyl (C=O) groups is 1. The van der Waals surface area contributed by atoms with Crippen molar-refractivity contribution in [2.75, 3.05) is 10.4 Å². The Morgan fingerprint density at radius 1 is 1.43 bits per heavy atom. The monoisotopic (exact) mass is 401 g/mol. The summed E-state index contributed by atoms with van der Waals surface area (Å²) in [5, 5.41) is 25.1. The minimum Gasteiger partial charge on any atom is -0.758 e. The second-order valence-corrected chi connectivity index (χ2v) is 7.56. The molecule has 2 atom stereocenters. The fourth-order valence-electron chi connectivity index (χ4n) is 3.42. The molecule has 3 rings (SSSR count). The number of nitriles is 1. The van der Waals surface area contributed by atoms with E-state index in [0.717, 1.165) is 11.1 Å². The lowest BCUT2D eigenvalue weighted by molar-refractivity contribution is 0.0966. The Bertz CT molecular complexity index is 944. The summed E-state index contributed by atoms with van der Waals surface area (Å²) < 4.78 is 14.3. The van der Waals surface area contributed by atoms with E-state index in [0.29, 0.717) is 17.7 Å². The average Bonchev–Trinajstić information content (AvgIpc) is 2.89. The number of fused-ring (bicyclic) bond motifs is 1. The molecule has 0 saturated heterocycles. The van der Waals surface area contributed by atoms with Crippen LogP contribution in [0.4, 0.5) is 15.9 Å². The van der Waals surface area contributed by atoms with Crippen molar-refractivity contribution in [1.82, 2.24) is 4.98 Å². The first-order valence-electron chi connectivity index (χ1n) is 8.94. The van der Waals surface area contributed by atoms with Crippen LogP contribution in [0.1, 0.15) is 42.6 Å². The van der Waals surface area contributed by atoms with Crippen molar-refractivity contribution in [3.63, 3.8) is 0 Å². The van der Waals surface area contributed by atoms with Gasteiger partial charge in [-0.1, -0.05) is 37.6 Å². The summed E-state index contributed by atoms with van der Waals surface area (Å²) in [5.74, 6) is -0.828. The van der Waals surface area contributed by atoms with Crippen LogP contribution in [0.2, 0.25) is 5.15 Å². The van der Waals surface area contributed by atoms with Gasteiger partial charge in [0, 0.05) is 17.3 Å². The van der Waals surface area contributed by atoms with E-state index in [-0.39, 0.29) is 40.7 Å². The minimum absolute atomic E-state index is 0.0581. The van der Waals surface area contributed by atoms with Gasteiger partial charge in [-0.25, -0.2) is 9.37 Å². The molecule has 0 bridgehead atoms. The zero-order valence-electron chi connectivity index (χ0n) is 15.4. The second kappa shape index (κ2) is 8.13. The molecule has 0 radical (unpaired) electrons. The Hall–Kier alpha value is -2.69. The molecule has 0 amide bonds. The van der Waals surface area contributed by atoms with Crippen LogP contribution >= 0.6 is 11.6 Å². The number of aromatic nitrogens is 1. The number of Topliss-reactive ketones (excluding diaryl/α,β-unsaturated/α-hetero) is 1. The molecular weight excluding hydrogens is 383 g/mol. The predicted octanol–water partition coefficient (Wildman–Crippen LogP) is 4.53. The Kier molecular flexibility index (Phi) is 5.82. The summed E-state index contributed by atoms with van der Waals surface area (Å²) >= 11 is 5.92. The maximum atomic E-state index is 14.3. The first kappa shape index (κ1) is 20.1. The molecule has 0 fully saturated rings. The number of ketones is 1. The second-order valence-electron chi connectivity index (χ2n) is 7.20. The maximum Gasteiger partial charge on any atom is 0.186 e.